The molecule has 3 rings (SSSR count). The summed E-state index contributed by atoms with van der Waals surface area (Å²) in [7, 11) is 0. The number of carbonyl (C=O) groups is 1. The van der Waals surface area contributed by atoms with Gasteiger partial charge in [-0.15, -0.1) is 36.2 Å². The fourth-order valence-corrected chi connectivity index (χ4v) is 3.24. The summed E-state index contributed by atoms with van der Waals surface area (Å²) >= 11 is 1.40. The van der Waals surface area contributed by atoms with Crippen LogP contribution in [-0.4, -0.2) is 17.4 Å². The van der Waals surface area contributed by atoms with Gasteiger partial charge in [0.25, 0.3) is 5.91 Å². The zero-order valence-electron chi connectivity index (χ0n) is 11.5. The molecule has 0 spiro atoms. The summed E-state index contributed by atoms with van der Waals surface area (Å²) in [4.78, 5) is 19.3. The van der Waals surface area contributed by atoms with E-state index in [9.17, 15) is 4.79 Å². The number of nitrogens with two attached hydrogens (primary N) is 1. The number of halogens is 2. The van der Waals surface area contributed by atoms with Gasteiger partial charge < -0.3 is 10.6 Å². The molecule has 2 N–H and O–H groups in total. The highest BCUT2D eigenvalue weighted by Gasteiger charge is 2.26. The minimum absolute atomic E-state index is 0. The summed E-state index contributed by atoms with van der Waals surface area (Å²) in [6, 6.07) is 5.77. The molecule has 114 valence electrons. The smallest absolute Gasteiger partial charge is 0.270 e. The van der Waals surface area contributed by atoms with Crippen molar-refractivity contribution in [2.45, 2.75) is 19.8 Å². The van der Waals surface area contributed by atoms with Crippen molar-refractivity contribution in [3.05, 3.63) is 39.8 Å². The lowest BCUT2D eigenvalue weighted by Crippen LogP contribution is -2.35. The van der Waals surface area contributed by atoms with E-state index in [1.807, 2.05) is 30.0 Å². The Morgan fingerprint density at radius 2 is 2.14 bits per heavy atom. The Bertz CT molecular complexity index is 645. The van der Waals surface area contributed by atoms with Crippen molar-refractivity contribution in [1.82, 2.24) is 4.98 Å². The Kier molecular flexibility index (Phi) is 6.01. The molecule has 2 aromatic rings. The van der Waals surface area contributed by atoms with Crippen LogP contribution in [0.1, 0.15) is 27.3 Å². The van der Waals surface area contributed by atoms with Crippen LogP contribution in [0.2, 0.25) is 0 Å². The molecule has 0 saturated carbocycles. The SMILES string of the molecule is Cc1ncsc1C(=O)N1CCCc2c(N)cccc21.Cl.Cl. The molecule has 4 nitrogen and oxygen atoms in total. The topological polar surface area (TPSA) is 59.2 Å². The number of anilines is 2. The van der Waals surface area contributed by atoms with Gasteiger partial charge in [0.05, 0.1) is 11.2 Å². The first-order valence-electron chi connectivity index (χ1n) is 6.28. The molecule has 0 unspecified atom stereocenters. The van der Waals surface area contributed by atoms with E-state index in [1.54, 1.807) is 5.51 Å². The summed E-state index contributed by atoms with van der Waals surface area (Å²) in [6.45, 7) is 2.61. The van der Waals surface area contributed by atoms with Crippen LogP contribution in [0.3, 0.4) is 0 Å². The van der Waals surface area contributed by atoms with E-state index in [2.05, 4.69) is 4.98 Å². The number of amides is 1. The van der Waals surface area contributed by atoms with E-state index in [0.29, 0.717) is 0 Å². The lowest BCUT2D eigenvalue weighted by molar-refractivity contribution is 0.0988. The Balaban J connectivity index is 0.00000110. The molecule has 0 aliphatic carbocycles. The van der Waals surface area contributed by atoms with Gasteiger partial charge in [-0.25, -0.2) is 4.98 Å². The van der Waals surface area contributed by atoms with E-state index >= 15 is 0 Å². The van der Waals surface area contributed by atoms with Crippen molar-refractivity contribution >= 4 is 53.4 Å². The third kappa shape index (κ3) is 3.15. The fourth-order valence-electron chi connectivity index (χ4n) is 2.49. The molecule has 0 radical (unpaired) electrons. The number of aryl methyl sites for hydroxylation is 1. The highest BCUT2D eigenvalue weighted by molar-refractivity contribution is 7.12. The van der Waals surface area contributed by atoms with Gasteiger partial charge in [-0.2, -0.15) is 0 Å². The average Bonchev–Trinajstić information content (AvgIpc) is 2.84. The van der Waals surface area contributed by atoms with Gasteiger partial charge in [-0.3, -0.25) is 4.79 Å². The van der Waals surface area contributed by atoms with Gasteiger partial charge in [-0.1, -0.05) is 6.07 Å². The number of thiazole rings is 1. The molecule has 1 aromatic heterocycles. The summed E-state index contributed by atoms with van der Waals surface area (Å²) in [6.07, 6.45) is 1.89. The van der Waals surface area contributed by atoms with Crippen molar-refractivity contribution in [1.29, 1.82) is 0 Å². The van der Waals surface area contributed by atoms with Crippen LogP contribution in [0, 0.1) is 6.92 Å². The second-order valence-corrected chi connectivity index (χ2v) is 5.53. The van der Waals surface area contributed by atoms with Crippen LogP contribution in [0.4, 0.5) is 11.4 Å². The fraction of sp³-hybridized carbons (Fsp3) is 0.286. The summed E-state index contributed by atoms with van der Waals surface area (Å²) < 4.78 is 0. The number of fused-ring (bicyclic) bond motifs is 1. The maximum absolute atomic E-state index is 12.6. The molecule has 1 amide bonds. The highest BCUT2D eigenvalue weighted by atomic mass is 35.5. The Hall–Kier alpha value is -1.30. The molecule has 1 aromatic carbocycles. The number of benzene rings is 1. The predicted octanol–water partition coefficient (Wildman–Crippen LogP) is 3.47. The molecule has 0 fully saturated rings. The summed E-state index contributed by atoms with van der Waals surface area (Å²) in [5.41, 5.74) is 11.3. The summed E-state index contributed by atoms with van der Waals surface area (Å²) in [5.74, 6) is 0.0338. The van der Waals surface area contributed by atoms with Crippen LogP contribution in [0.25, 0.3) is 0 Å². The highest BCUT2D eigenvalue weighted by Crippen LogP contribution is 2.32. The quantitative estimate of drug-likeness (QED) is 0.805. The van der Waals surface area contributed by atoms with Crippen LogP contribution in [-0.2, 0) is 6.42 Å². The molecule has 1 aliphatic rings. The maximum atomic E-state index is 12.6. The Morgan fingerprint density at radius 3 is 2.81 bits per heavy atom. The minimum atomic E-state index is 0. The van der Waals surface area contributed by atoms with E-state index in [4.69, 9.17) is 5.73 Å². The third-order valence-electron chi connectivity index (χ3n) is 3.47. The molecule has 0 atom stereocenters. The third-order valence-corrected chi connectivity index (χ3v) is 4.39. The Labute approximate surface area is 140 Å². The van der Waals surface area contributed by atoms with Gasteiger partial charge >= 0.3 is 0 Å². The first kappa shape index (κ1) is 17.8. The molecular weight excluding hydrogens is 329 g/mol. The van der Waals surface area contributed by atoms with Gasteiger partial charge in [0.15, 0.2) is 0 Å². The second-order valence-electron chi connectivity index (χ2n) is 4.67. The zero-order chi connectivity index (χ0) is 13.4. The largest absolute Gasteiger partial charge is 0.398 e. The number of hydrogen-bond donors (Lipinski definition) is 1. The predicted molar refractivity (Wildman–Crippen MR) is 92.2 cm³/mol. The van der Waals surface area contributed by atoms with E-state index < -0.39 is 0 Å². The van der Waals surface area contributed by atoms with Crippen LogP contribution in [0.15, 0.2) is 23.7 Å². The van der Waals surface area contributed by atoms with E-state index in [0.717, 1.165) is 46.9 Å². The normalized spacial score (nSPS) is 12.9. The van der Waals surface area contributed by atoms with Gasteiger partial charge in [0, 0.05) is 17.9 Å². The molecule has 21 heavy (non-hydrogen) atoms. The second kappa shape index (κ2) is 7.11. The number of nitrogen functional groups attached to an aromatic ring is 1. The lowest BCUT2D eigenvalue weighted by atomic mass is 9.99. The standard InChI is InChI=1S/C14H15N3OS.2ClH/c1-9-13(19-8-16-9)14(18)17-7-3-4-10-11(15)5-2-6-12(10)17;;/h2,5-6,8H,3-4,7,15H2,1H3;2*1H. The molecule has 2 heterocycles. The van der Waals surface area contributed by atoms with Crippen LogP contribution >= 0.6 is 36.2 Å². The van der Waals surface area contributed by atoms with E-state index in [-0.39, 0.29) is 30.7 Å². The number of carbonyl (C=O) groups excluding carboxylic acids is 1. The summed E-state index contributed by atoms with van der Waals surface area (Å²) in [5, 5.41) is 0. The van der Waals surface area contributed by atoms with Crippen molar-refractivity contribution < 1.29 is 4.79 Å². The van der Waals surface area contributed by atoms with Gasteiger partial charge in [0.2, 0.25) is 0 Å². The number of hydrogen-bond acceptors (Lipinski definition) is 4. The zero-order valence-corrected chi connectivity index (χ0v) is 14.0. The van der Waals surface area contributed by atoms with Crippen LogP contribution < -0.4 is 10.6 Å². The Morgan fingerprint density at radius 1 is 1.38 bits per heavy atom. The maximum Gasteiger partial charge on any atom is 0.270 e. The molecule has 0 bridgehead atoms. The van der Waals surface area contributed by atoms with Crippen molar-refractivity contribution in [2.75, 3.05) is 17.2 Å². The van der Waals surface area contributed by atoms with Gasteiger partial charge in [-0.05, 0) is 37.5 Å². The lowest BCUT2D eigenvalue weighted by Gasteiger charge is -2.30. The molecule has 1 aliphatic heterocycles. The molecule has 7 heteroatoms. The van der Waals surface area contributed by atoms with Crippen molar-refractivity contribution in [3.63, 3.8) is 0 Å². The van der Waals surface area contributed by atoms with Crippen molar-refractivity contribution in [2.24, 2.45) is 0 Å². The first-order valence-corrected chi connectivity index (χ1v) is 7.16. The average molecular weight is 346 g/mol. The first-order chi connectivity index (χ1) is 9.18. The van der Waals surface area contributed by atoms with E-state index in [1.165, 1.54) is 11.3 Å². The monoisotopic (exact) mass is 345 g/mol. The molecular formula is C14H17Cl2N3OS. The van der Waals surface area contributed by atoms with Crippen LogP contribution in [0.5, 0.6) is 0 Å². The number of nitrogens with zero attached hydrogens (tertiary/aromatic N) is 2. The molecule has 0 saturated heterocycles. The minimum Gasteiger partial charge on any atom is -0.398 e. The number of aromatic nitrogens is 1. The van der Waals surface area contributed by atoms with Gasteiger partial charge in [0.1, 0.15) is 4.88 Å². The number of rotatable bonds is 1. The van der Waals surface area contributed by atoms with Crippen molar-refractivity contribution in [3.8, 4) is 0 Å².